The number of hydrogen-bond donors (Lipinski definition) is 8. The molecule has 7 rings (SSSR count). The van der Waals surface area contributed by atoms with Gasteiger partial charge in [-0.3, -0.25) is 27.8 Å². The molecular formula is C40H24Cl4N6O16S4. The highest BCUT2D eigenvalue weighted by molar-refractivity contribution is 7.86. The Kier molecular flexibility index (Phi) is 14.0. The predicted molar refractivity (Wildman–Crippen MR) is 254 cm³/mol. The number of rotatable bonds is 12. The van der Waals surface area contributed by atoms with Crippen LogP contribution in [0, 0.1) is 0 Å². The number of nitrogens with one attached hydrogen (secondary N) is 2. The van der Waals surface area contributed by atoms with Gasteiger partial charge < -0.3 is 20.8 Å². The normalized spacial score (nSPS) is 12.6. The van der Waals surface area contributed by atoms with Crippen molar-refractivity contribution in [2.75, 3.05) is 10.6 Å². The molecule has 0 fully saturated rings. The van der Waals surface area contributed by atoms with Crippen molar-refractivity contribution < 1.29 is 71.7 Å². The van der Waals surface area contributed by atoms with Gasteiger partial charge in [0, 0.05) is 15.8 Å². The van der Waals surface area contributed by atoms with Crippen LogP contribution in [0.2, 0.25) is 20.1 Å². The van der Waals surface area contributed by atoms with E-state index in [1.54, 1.807) is 0 Å². The first kappa shape index (κ1) is 51.5. The van der Waals surface area contributed by atoms with Crippen LogP contribution in [0.15, 0.2) is 137 Å². The van der Waals surface area contributed by atoms with E-state index in [1.807, 2.05) is 0 Å². The highest BCUT2D eigenvalue weighted by Crippen LogP contribution is 2.47. The summed E-state index contributed by atoms with van der Waals surface area (Å²) in [5, 5.41) is 40.9. The molecule has 8 N–H and O–H groups in total. The number of aromatic hydroxyl groups is 2. The Bertz CT molecular complexity index is 3960. The lowest BCUT2D eigenvalue weighted by Crippen LogP contribution is -2.14. The van der Waals surface area contributed by atoms with Crippen LogP contribution in [0.1, 0.15) is 20.7 Å². The topological polar surface area (TPSA) is 366 Å². The van der Waals surface area contributed by atoms with Crippen molar-refractivity contribution in [3.8, 4) is 11.5 Å². The highest BCUT2D eigenvalue weighted by atomic mass is 35.5. The largest absolute Gasteiger partial charge is 0.505 e. The van der Waals surface area contributed by atoms with Crippen molar-refractivity contribution in [1.29, 1.82) is 0 Å². The number of carbonyl (C=O) groups is 2. The highest BCUT2D eigenvalue weighted by Gasteiger charge is 2.29. The summed E-state index contributed by atoms with van der Waals surface area (Å²) in [5.74, 6) is -4.14. The van der Waals surface area contributed by atoms with Gasteiger partial charge in [-0.05, 0) is 102 Å². The molecule has 0 aliphatic carbocycles. The van der Waals surface area contributed by atoms with Crippen molar-refractivity contribution in [3.63, 3.8) is 0 Å². The number of azo groups is 2. The predicted octanol–water partition coefficient (Wildman–Crippen LogP) is 10.3. The van der Waals surface area contributed by atoms with Gasteiger partial charge in [0.25, 0.3) is 52.3 Å². The molecule has 7 aromatic rings. The number of halogens is 4. The van der Waals surface area contributed by atoms with Crippen molar-refractivity contribution in [3.05, 3.63) is 128 Å². The summed E-state index contributed by atoms with van der Waals surface area (Å²) in [5.41, 5.74) is -3.59. The minimum Gasteiger partial charge on any atom is -0.505 e. The number of anilines is 2. The van der Waals surface area contributed by atoms with E-state index in [1.165, 1.54) is 48.5 Å². The summed E-state index contributed by atoms with van der Waals surface area (Å²) >= 11 is 24.3. The molecule has 0 spiro atoms. The van der Waals surface area contributed by atoms with Crippen LogP contribution >= 0.6 is 46.4 Å². The molecular weight excluding hydrogens is 1090 g/mol. The Hall–Kier alpha value is -6.40. The van der Waals surface area contributed by atoms with Crippen molar-refractivity contribution in [1.82, 2.24) is 0 Å². The van der Waals surface area contributed by atoms with Crippen molar-refractivity contribution in [2.24, 2.45) is 20.5 Å². The Morgan fingerprint density at radius 1 is 0.471 bits per heavy atom. The molecule has 362 valence electrons. The van der Waals surface area contributed by atoms with Crippen LogP contribution in [0.3, 0.4) is 0 Å². The monoisotopic (exact) mass is 1110 g/mol. The van der Waals surface area contributed by atoms with E-state index in [4.69, 9.17) is 46.4 Å². The average molecular weight is 1110 g/mol. The molecule has 70 heavy (non-hydrogen) atoms. The van der Waals surface area contributed by atoms with Crippen LogP contribution in [-0.2, 0) is 40.5 Å². The fraction of sp³-hybridized carbons (Fsp3) is 0. The van der Waals surface area contributed by atoms with Gasteiger partial charge >= 0.3 is 0 Å². The van der Waals surface area contributed by atoms with E-state index < -0.39 is 128 Å². The van der Waals surface area contributed by atoms with Crippen LogP contribution in [0.5, 0.6) is 11.5 Å². The third-order valence-electron chi connectivity index (χ3n) is 9.65. The van der Waals surface area contributed by atoms with E-state index >= 15 is 0 Å². The summed E-state index contributed by atoms with van der Waals surface area (Å²) in [6, 6.07) is 16.6. The molecule has 0 radical (unpaired) electrons. The second kappa shape index (κ2) is 19.1. The van der Waals surface area contributed by atoms with Gasteiger partial charge in [-0.25, -0.2) is 0 Å². The van der Waals surface area contributed by atoms with Gasteiger partial charge in [-0.1, -0.05) is 52.5 Å². The number of phenolic OH excluding ortho intramolecular Hbond substituents is 2. The number of hydrogen-bond acceptors (Lipinski definition) is 16. The molecule has 0 saturated carbocycles. The molecule has 0 bridgehead atoms. The van der Waals surface area contributed by atoms with Gasteiger partial charge in [0.1, 0.15) is 21.2 Å². The first-order valence-corrected chi connectivity index (χ1v) is 25.8. The van der Waals surface area contributed by atoms with E-state index in [9.17, 15) is 71.7 Å². The molecule has 22 nitrogen and oxygen atoms in total. The number of fused-ring (bicyclic) bond motifs is 2. The Labute approximate surface area is 413 Å². The zero-order valence-corrected chi connectivity index (χ0v) is 40.2. The fourth-order valence-electron chi connectivity index (χ4n) is 6.53. The molecule has 30 heteroatoms. The maximum absolute atomic E-state index is 13.3. The van der Waals surface area contributed by atoms with Gasteiger partial charge in [0.2, 0.25) is 0 Å². The molecule has 0 atom stereocenters. The van der Waals surface area contributed by atoms with E-state index in [0.717, 1.165) is 36.4 Å². The molecule has 0 aliphatic heterocycles. The lowest BCUT2D eigenvalue weighted by Gasteiger charge is -2.15. The number of carbonyl (C=O) groups excluding carboxylic acids is 2. The smallest absolute Gasteiger partial charge is 0.296 e. The number of benzene rings is 7. The van der Waals surface area contributed by atoms with Crippen LogP contribution in [-0.4, -0.2) is 73.9 Å². The first-order valence-electron chi connectivity index (χ1n) is 18.6. The third-order valence-corrected chi connectivity index (χ3v) is 14.4. The van der Waals surface area contributed by atoms with Crippen LogP contribution in [0.4, 0.5) is 34.1 Å². The lowest BCUT2D eigenvalue weighted by molar-refractivity contribution is 0.101. The zero-order valence-electron chi connectivity index (χ0n) is 33.9. The minimum absolute atomic E-state index is 0.0398. The van der Waals surface area contributed by atoms with Crippen LogP contribution in [0.25, 0.3) is 21.5 Å². The molecule has 7 aromatic carbocycles. The van der Waals surface area contributed by atoms with Gasteiger partial charge in [0.15, 0.2) is 11.5 Å². The summed E-state index contributed by atoms with van der Waals surface area (Å²) < 4.78 is 139. The SMILES string of the molecule is O=C(Nc1cc(S(=O)(=O)O)cc2cc(S(=O)(=O)O)c(N=Nc3ccc(N=Nc4c(S(=O)(=O)O)cc5cc(S(=O)(=O)O)cc(NC(=O)c6cccc(Cl)c6Cl)c5c4O)cc3)c(O)c12)c1ccc(Cl)cc1Cl. The van der Waals surface area contributed by atoms with E-state index in [0.29, 0.717) is 12.1 Å². The molecule has 0 aromatic heterocycles. The molecule has 0 aliphatic rings. The maximum Gasteiger partial charge on any atom is 0.296 e. The first-order chi connectivity index (χ1) is 32.5. The number of phenols is 2. The Balaban J connectivity index is 1.28. The van der Waals surface area contributed by atoms with Gasteiger partial charge in [0.05, 0.1) is 58.7 Å². The minimum atomic E-state index is -5.32. The van der Waals surface area contributed by atoms with Gasteiger partial charge in [-0.15, -0.1) is 10.2 Å². The summed E-state index contributed by atoms with van der Waals surface area (Å²) in [7, 11) is -20.7. The maximum atomic E-state index is 13.3. The molecule has 2 amide bonds. The summed E-state index contributed by atoms with van der Waals surface area (Å²) in [6.07, 6.45) is 0. The molecule has 0 saturated heterocycles. The second-order valence-corrected chi connectivity index (χ2v) is 21.5. The Morgan fingerprint density at radius 3 is 1.30 bits per heavy atom. The van der Waals surface area contributed by atoms with Gasteiger partial charge in [-0.2, -0.15) is 43.9 Å². The van der Waals surface area contributed by atoms with E-state index in [-0.39, 0.29) is 42.6 Å². The third kappa shape index (κ3) is 10.8. The molecule has 0 heterocycles. The Morgan fingerprint density at radius 2 is 0.900 bits per heavy atom. The standard InChI is InChI=1S/C40H24Cl4N6O16S4/c41-19-4-9-24(27(43)14-19)39(53)45-28-15-22(67(55,56)57)10-17-12-30(69(61,62)63)35(37(51)32(17)28)49-47-20-5-7-21(8-6-20)48-50-36-31(70(64,65)66)13-18-11-23(68(58,59)60)16-29(33(18)38(36)52)46-40(54)25-2-1-3-26(42)34(25)44/h1-16,51-52H,(H,45,53)(H,46,54)(H,55,56,57)(H,58,59,60)(H,61,62,63)(H,64,65,66). The number of amides is 2. The van der Waals surface area contributed by atoms with E-state index in [2.05, 4.69) is 31.1 Å². The number of nitrogens with zero attached hydrogens (tertiary/aromatic N) is 4. The lowest BCUT2D eigenvalue weighted by atomic mass is 10.1. The average Bonchev–Trinajstić information content (AvgIpc) is 3.25. The zero-order chi connectivity index (χ0) is 51.4. The summed E-state index contributed by atoms with van der Waals surface area (Å²) in [6.45, 7) is 0. The van der Waals surface area contributed by atoms with Crippen molar-refractivity contribution >= 4 is 154 Å². The second-order valence-electron chi connectivity index (χ2n) is 14.2. The summed E-state index contributed by atoms with van der Waals surface area (Å²) in [4.78, 5) is 22.6. The fourth-order valence-corrected chi connectivity index (χ4v) is 9.82. The quantitative estimate of drug-likeness (QED) is 0.0416. The van der Waals surface area contributed by atoms with Crippen molar-refractivity contribution in [2.45, 2.75) is 19.6 Å². The molecule has 0 unspecified atom stereocenters. The van der Waals surface area contributed by atoms with Crippen LogP contribution < -0.4 is 10.6 Å².